The Morgan fingerprint density at radius 1 is 1.18 bits per heavy atom. The fourth-order valence-corrected chi connectivity index (χ4v) is 3.69. The van der Waals surface area contributed by atoms with Crippen LogP contribution in [0.4, 0.5) is 0 Å². The third-order valence-electron chi connectivity index (χ3n) is 5.29. The number of methoxy groups -OCH3 is 2. The van der Waals surface area contributed by atoms with Crippen LogP contribution in [0.15, 0.2) is 24.3 Å². The van der Waals surface area contributed by atoms with Crippen molar-refractivity contribution in [1.82, 2.24) is 15.1 Å². The van der Waals surface area contributed by atoms with Crippen molar-refractivity contribution in [2.45, 2.75) is 38.1 Å². The Balaban J connectivity index is 1.58. The van der Waals surface area contributed by atoms with E-state index in [2.05, 4.69) is 5.32 Å². The van der Waals surface area contributed by atoms with E-state index in [0.29, 0.717) is 18.7 Å². The number of carbonyl (C=O) groups excluding carboxylic acids is 3. The lowest BCUT2D eigenvalue weighted by atomic mass is 9.98. The van der Waals surface area contributed by atoms with Crippen molar-refractivity contribution < 1.29 is 23.9 Å². The average Bonchev–Trinajstić information content (AvgIpc) is 2.73. The summed E-state index contributed by atoms with van der Waals surface area (Å²) in [4.78, 5) is 40.6. The van der Waals surface area contributed by atoms with Gasteiger partial charge in [-0.05, 0) is 37.0 Å². The lowest BCUT2D eigenvalue weighted by Crippen LogP contribution is -2.60. The minimum atomic E-state index is -0.495. The van der Waals surface area contributed by atoms with E-state index in [-0.39, 0.29) is 36.9 Å². The molecule has 3 amide bonds. The summed E-state index contributed by atoms with van der Waals surface area (Å²) >= 11 is 0. The first-order chi connectivity index (χ1) is 13.5. The van der Waals surface area contributed by atoms with Gasteiger partial charge in [0.05, 0.1) is 6.54 Å². The van der Waals surface area contributed by atoms with Gasteiger partial charge in [-0.2, -0.15) is 0 Å². The number of hydrogen-bond donors (Lipinski definition) is 1. The summed E-state index contributed by atoms with van der Waals surface area (Å²) in [5.74, 6) is -0.190. The topological polar surface area (TPSA) is 88.2 Å². The van der Waals surface area contributed by atoms with Crippen molar-refractivity contribution in [3.8, 4) is 0 Å². The van der Waals surface area contributed by atoms with E-state index in [9.17, 15) is 14.4 Å². The van der Waals surface area contributed by atoms with Crippen LogP contribution in [0.1, 0.15) is 35.2 Å². The van der Waals surface area contributed by atoms with Crippen molar-refractivity contribution >= 4 is 17.7 Å². The Morgan fingerprint density at radius 2 is 1.89 bits per heavy atom. The van der Waals surface area contributed by atoms with E-state index < -0.39 is 6.29 Å². The summed E-state index contributed by atoms with van der Waals surface area (Å²) in [5.41, 5.74) is 1.39. The molecule has 0 aromatic heterocycles. The van der Waals surface area contributed by atoms with Gasteiger partial charge >= 0.3 is 0 Å². The normalized spacial score (nSPS) is 19.8. The minimum Gasteiger partial charge on any atom is -0.354 e. The first-order valence-electron chi connectivity index (χ1n) is 9.54. The van der Waals surface area contributed by atoms with Gasteiger partial charge in [0.25, 0.3) is 5.91 Å². The maximum atomic E-state index is 12.7. The van der Waals surface area contributed by atoms with Gasteiger partial charge in [-0.25, -0.2) is 0 Å². The van der Waals surface area contributed by atoms with Gasteiger partial charge in [0.2, 0.25) is 11.8 Å². The van der Waals surface area contributed by atoms with Gasteiger partial charge in [-0.1, -0.05) is 12.1 Å². The Hall–Kier alpha value is -2.45. The zero-order valence-electron chi connectivity index (χ0n) is 16.3. The fraction of sp³-hybridized carbons (Fsp3) is 0.550. The number of benzene rings is 1. The summed E-state index contributed by atoms with van der Waals surface area (Å²) in [5, 5.41) is 2.74. The average molecular weight is 389 g/mol. The Kier molecular flexibility index (Phi) is 6.64. The van der Waals surface area contributed by atoms with Crippen LogP contribution in [0.25, 0.3) is 0 Å². The molecular weight excluding hydrogens is 362 g/mol. The number of nitrogens with zero attached hydrogens (tertiary/aromatic N) is 2. The lowest BCUT2D eigenvalue weighted by molar-refractivity contribution is -0.158. The molecule has 2 aliphatic heterocycles. The summed E-state index contributed by atoms with van der Waals surface area (Å²) in [6, 6.07) is 6.73. The van der Waals surface area contributed by atoms with E-state index in [0.717, 1.165) is 24.8 Å². The highest BCUT2D eigenvalue weighted by molar-refractivity contribution is 5.95. The number of fused-ring (bicyclic) bond motifs is 1. The van der Waals surface area contributed by atoms with Crippen molar-refractivity contribution in [3.05, 3.63) is 35.4 Å². The summed E-state index contributed by atoms with van der Waals surface area (Å²) in [6.07, 6.45) is 2.19. The van der Waals surface area contributed by atoms with Crippen LogP contribution in [0.2, 0.25) is 0 Å². The molecule has 0 bridgehead atoms. The van der Waals surface area contributed by atoms with Gasteiger partial charge in [0.15, 0.2) is 6.29 Å². The van der Waals surface area contributed by atoms with Gasteiger partial charge in [0.1, 0.15) is 12.6 Å². The van der Waals surface area contributed by atoms with Gasteiger partial charge in [-0.3, -0.25) is 14.4 Å². The molecule has 0 aliphatic carbocycles. The van der Waals surface area contributed by atoms with Crippen LogP contribution in [-0.4, -0.2) is 73.7 Å². The molecule has 3 rings (SSSR count). The second kappa shape index (κ2) is 9.16. The van der Waals surface area contributed by atoms with E-state index in [1.54, 1.807) is 21.9 Å². The van der Waals surface area contributed by atoms with Gasteiger partial charge in [-0.15, -0.1) is 0 Å². The van der Waals surface area contributed by atoms with E-state index in [1.807, 2.05) is 12.1 Å². The number of ether oxygens (including phenoxy) is 2. The number of piperidine rings is 1. The third kappa shape index (κ3) is 4.51. The summed E-state index contributed by atoms with van der Waals surface area (Å²) in [6.45, 7) is 1.41. The molecule has 28 heavy (non-hydrogen) atoms. The second-order valence-corrected chi connectivity index (χ2v) is 7.10. The van der Waals surface area contributed by atoms with Crippen LogP contribution < -0.4 is 5.32 Å². The highest BCUT2D eigenvalue weighted by Crippen LogP contribution is 2.24. The number of piperazine rings is 1. The smallest absolute Gasteiger partial charge is 0.251 e. The van der Waals surface area contributed by atoms with Crippen molar-refractivity contribution in [2.75, 3.05) is 33.9 Å². The Labute approximate surface area is 164 Å². The maximum absolute atomic E-state index is 12.7. The quantitative estimate of drug-likeness (QED) is 0.696. The number of rotatable bonds is 7. The number of nitrogens with one attached hydrogen (secondary N) is 1. The molecule has 2 aliphatic rings. The second-order valence-electron chi connectivity index (χ2n) is 7.10. The Bertz CT molecular complexity index is 717. The SMILES string of the molecule is COC(CNC(=O)c1ccc(CN2CC(=O)N3CCCCC3C2=O)cc1)OC. The molecule has 0 spiro atoms. The zero-order chi connectivity index (χ0) is 20.1. The third-order valence-corrected chi connectivity index (χ3v) is 5.29. The molecule has 1 aromatic carbocycles. The summed E-state index contributed by atoms with van der Waals surface area (Å²) < 4.78 is 10.1. The van der Waals surface area contributed by atoms with Crippen LogP contribution in [-0.2, 0) is 25.6 Å². The molecule has 1 N–H and O–H groups in total. The predicted octanol–water partition coefficient (Wildman–Crippen LogP) is 0.759. The van der Waals surface area contributed by atoms with Gasteiger partial charge in [0, 0.05) is 32.9 Å². The number of carbonyl (C=O) groups is 3. The fourth-order valence-electron chi connectivity index (χ4n) is 3.69. The first kappa shape index (κ1) is 20.3. The molecule has 0 saturated carbocycles. The number of hydrogen-bond acceptors (Lipinski definition) is 5. The molecule has 152 valence electrons. The standard InChI is InChI=1S/C20H27N3O5/c1-27-18(28-2)11-21-19(25)15-8-6-14(7-9-15)12-22-13-17(24)23-10-4-3-5-16(23)20(22)26/h6-9,16,18H,3-5,10-13H2,1-2H3,(H,21,25). The molecule has 8 heteroatoms. The highest BCUT2D eigenvalue weighted by Gasteiger charge is 2.40. The van der Waals surface area contributed by atoms with Crippen LogP contribution >= 0.6 is 0 Å². The molecule has 1 unspecified atom stereocenters. The van der Waals surface area contributed by atoms with E-state index >= 15 is 0 Å². The molecule has 1 atom stereocenters. The minimum absolute atomic E-state index is 0.0196. The molecule has 2 heterocycles. The molecule has 1 aromatic rings. The van der Waals surface area contributed by atoms with E-state index in [1.165, 1.54) is 14.2 Å². The monoisotopic (exact) mass is 389 g/mol. The van der Waals surface area contributed by atoms with E-state index in [4.69, 9.17) is 9.47 Å². The molecule has 2 fully saturated rings. The van der Waals surface area contributed by atoms with Crippen LogP contribution in [0.3, 0.4) is 0 Å². The maximum Gasteiger partial charge on any atom is 0.251 e. The largest absolute Gasteiger partial charge is 0.354 e. The first-order valence-corrected chi connectivity index (χ1v) is 9.54. The Morgan fingerprint density at radius 3 is 2.57 bits per heavy atom. The predicted molar refractivity (Wildman–Crippen MR) is 101 cm³/mol. The molecular formula is C20H27N3O5. The van der Waals surface area contributed by atoms with Crippen molar-refractivity contribution in [1.29, 1.82) is 0 Å². The highest BCUT2D eigenvalue weighted by atomic mass is 16.7. The van der Waals surface area contributed by atoms with Crippen molar-refractivity contribution in [2.24, 2.45) is 0 Å². The molecule has 2 saturated heterocycles. The summed E-state index contributed by atoms with van der Waals surface area (Å²) in [7, 11) is 3.02. The zero-order valence-corrected chi connectivity index (χ0v) is 16.3. The van der Waals surface area contributed by atoms with Crippen molar-refractivity contribution in [3.63, 3.8) is 0 Å². The molecule has 0 radical (unpaired) electrons. The van der Waals surface area contributed by atoms with Crippen LogP contribution in [0, 0.1) is 0 Å². The number of amides is 3. The van der Waals surface area contributed by atoms with Gasteiger partial charge < -0.3 is 24.6 Å². The van der Waals surface area contributed by atoms with Crippen LogP contribution in [0.5, 0.6) is 0 Å². The molecule has 8 nitrogen and oxygen atoms in total. The lowest BCUT2D eigenvalue weighted by Gasteiger charge is -2.42.